The highest BCUT2D eigenvalue weighted by Crippen LogP contribution is 2.70. The van der Waals surface area contributed by atoms with Crippen LogP contribution in [0.4, 0.5) is 5.69 Å². The fourth-order valence-electron chi connectivity index (χ4n) is 8.34. The number of allylic oxidation sites excluding steroid dienone is 2. The molecule has 3 amide bonds. The van der Waals surface area contributed by atoms with Gasteiger partial charge in [-0.25, -0.2) is 4.98 Å². The second-order valence-corrected chi connectivity index (χ2v) is 12.0. The van der Waals surface area contributed by atoms with E-state index in [1.54, 1.807) is 0 Å². The van der Waals surface area contributed by atoms with Gasteiger partial charge in [0.1, 0.15) is 16.6 Å². The molecule has 0 radical (unpaired) electrons. The number of hydrogen-bond acceptors (Lipinski definition) is 5. The Kier molecular flexibility index (Phi) is 3.71. The highest BCUT2D eigenvalue weighted by Gasteiger charge is 2.80. The largest absolute Gasteiger partial charge is 0.443 e. The maximum absolute atomic E-state index is 14.1. The molecular formula is C27H30N4O4. The maximum atomic E-state index is 14.1. The van der Waals surface area contributed by atoms with Gasteiger partial charge in [-0.1, -0.05) is 25.5 Å². The van der Waals surface area contributed by atoms with Gasteiger partial charge in [0.05, 0.1) is 11.1 Å². The summed E-state index contributed by atoms with van der Waals surface area (Å²) < 4.78 is 5.76. The molecule has 1 saturated carbocycles. The van der Waals surface area contributed by atoms with Gasteiger partial charge < -0.3 is 20.0 Å². The zero-order chi connectivity index (χ0) is 24.5. The number of rotatable bonds is 2. The summed E-state index contributed by atoms with van der Waals surface area (Å²) >= 11 is 0. The van der Waals surface area contributed by atoms with Crippen molar-refractivity contribution in [3.05, 3.63) is 35.2 Å². The van der Waals surface area contributed by atoms with Crippen molar-refractivity contribution in [3.8, 4) is 0 Å². The topological polar surface area (TPSA) is 105 Å². The SMILES string of the molecule is CC(C)=CCc1c2c(cc3ncoc13)[C@@]1(CC34NC(=O)[C@]5(CCCN5C3=O)C[C@@H]4C1(C)C)C(=O)N2. The lowest BCUT2D eigenvalue weighted by Gasteiger charge is -2.59. The van der Waals surface area contributed by atoms with E-state index in [9.17, 15) is 14.4 Å². The first kappa shape index (κ1) is 21.1. The molecule has 8 nitrogen and oxygen atoms in total. The van der Waals surface area contributed by atoms with Crippen molar-refractivity contribution in [2.24, 2.45) is 11.3 Å². The number of piperidine rings is 2. The number of benzene rings is 1. The van der Waals surface area contributed by atoms with Crippen LogP contribution in [0, 0.1) is 11.3 Å². The Morgan fingerprint density at radius 2 is 2.06 bits per heavy atom. The zero-order valence-electron chi connectivity index (χ0n) is 20.6. The lowest BCUT2D eigenvalue weighted by atomic mass is 9.57. The van der Waals surface area contributed by atoms with Crippen LogP contribution in [-0.4, -0.2) is 45.2 Å². The third kappa shape index (κ3) is 2.13. The fourth-order valence-corrected chi connectivity index (χ4v) is 8.34. The average Bonchev–Trinajstić information content (AvgIpc) is 3.53. The molecule has 5 fully saturated rings. The number of oxazole rings is 1. The fraction of sp³-hybridized carbons (Fsp3) is 0.556. The molecule has 2 bridgehead atoms. The van der Waals surface area contributed by atoms with Crippen molar-refractivity contribution in [2.45, 2.75) is 76.3 Å². The lowest BCUT2D eigenvalue weighted by Crippen LogP contribution is -2.81. The molecule has 8 heteroatoms. The van der Waals surface area contributed by atoms with Gasteiger partial charge in [-0.15, -0.1) is 0 Å². The Labute approximate surface area is 203 Å². The van der Waals surface area contributed by atoms with E-state index in [2.05, 4.69) is 35.5 Å². The molecule has 3 spiro atoms. The summed E-state index contributed by atoms with van der Waals surface area (Å²) in [6.45, 7) is 8.92. The molecule has 8 rings (SSSR count). The molecule has 1 aromatic carbocycles. The molecule has 6 heterocycles. The predicted octanol–water partition coefficient (Wildman–Crippen LogP) is 3.21. The number of nitrogens with zero attached hydrogens (tertiary/aromatic N) is 2. The van der Waals surface area contributed by atoms with Crippen LogP contribution in [0.1, 0.15) is 64.5 Å². The van der Waals surface area contributed by atoms with E-state index in [-0.39, 0.29) is 30.1 Å². The van der Waals surface area contributed by atoms with Crippen LogP contribution in [0.2, 0.25) is 0 Å². The minimum absolute atomic E-state index is 0.00988. The Morgan fingerprint density at radius 1 is 1.26 bits per heavy atom. The third-order valence-corrected chi connectivity index (χ3v) is 10.0. The van der Waals surface area contributed by atoms with E-state index in [1.165, 1.54) is 12.0 Å². The predicted molar refractivity (Wildman–Crippen MR) is 129 cm³/mol. The van der Waals surface area contributed by atoms with E-state index < -0.39 is 21.9 Å². The molecule has 4 atom stereocenters. The van der Waals surface area contributed by atoms with Crippen LogP contribution < -0.4 is 10.6 Å². The van der Waals surface area contributed by atoms with Gasteiger partial charge in [-0.2, -0.15) is 0 Å². The van der Waals surface area contributed by atoms with Gasteiger partial charge in [0, 0.05) is 18.0 Å². The molecule has 5 aliphatic heterocycles. The van der Waals surface area contributed by atoms with Crippen molar-refractivity contribution < 1.29 is 18.8 Å². The number of aromatic nitrogens is 1. The Hall–Kier alpha value is -3.16. The molecule has 1 aromatic heterocycles. The van der Waals surface area contributed by atoms with Gasteiger partial charge in [0.15, 0.2) is 12.0 Å². The first-order valence-electron chi connectivity index (χ1n) is 12.6. The monoisotopic (exact) mass is 474 g/mol. The third-order valence-electron chi connectivity index (χ3n) is 10.0. The van der Waals surface area contributed by atoms with Crippen molar-refractivity contribution in [1.29, 1.82) is 0 Å². The summed E-state index contributed by atoms with van der Waals surface area (Å²) in [5.41, 5.74) is 1.74. The number of fused-ring (bicyclic) bond motifs is 4. The van der Waals surface area contributed by atoms with Crippen LogP contribution >= 0.6 is 0 Å². The van der Waals surface area contributed by atoms with E-state index >= 15 is 0 Å². The lowest BCUT2D eigenvalue weighted by molar-refractivity contribution is -0.175. The highest BCUT2D eigenvalue weighted by atomic mass is 16.3. The summed E-state index contributed by atoms with van der Waals surface area (Å²) in [5.74, 6) is -0.297. The van der Waals surface area contributed by atoms with E-state index in [4.69, 9.17) is 4.42 Å². The van der Waals surface area contributed by atoms with Crippen LogP contribution in [0.5, 0.6) is 0 Å². The summed E-state index contributed by atoms with van der Waals surface area (Å²) in [4.78, 5) is 47.8. The maximum Gasteiger partial charge on any atom is 0.249 e. The molecule has 6 aliphatic rings. The van der Waals surface area contributed by atoms with Crippen LogP contribution in [0.25, 0.3) is 11.1 Å². The van der Waals surface area contributed by atoms with Gasteiger partial charge >= 0.3 is 0 Å². The van der Waals surface area contributed by atoms with Crippen LogP contribution in [0.3, 0.4) is 0 Å². The number of amides is 3. The molecule has 2 aromatic rings. The van der Waals surface area contributed by atoms with Gasteiger partial charge in [-0.3, -0.25) is 14.4 Å². The van der Waals surface area contributed by atoms with E-state index in [0.717, 1.165) is 23.2 Å². The molecule has 182 valence electrons. The van der Waals surface area contributed by atoms with Crippen molar-refractivity contribution in [2.75, 3.05) is 11.9 Å². The van der Waals surface area contributed by atoms with E-state index in [1.807, 2.05) is 24.8 Å². The Morgan fingerprint density at radius 3 is 2.83 bits per heavy atom. The highest BCUT2D eigenvalue weighted by molar-refractivity contribution is 6.13. The Balaban J connectivity index is 1.47. The minimum Gasteiger partial charge on any atom is -0.443 e. The normalized spacial score (nSPS) is 35.8. The smallest absolute Gasteiger partial charge is 0.249 e. The number of piperazine rings is 1. The number of anilines is 1. The van der Waals surface area contributed by atoms with Gasteiger partial charge in [0.2, 0.25) is 17.7 Å². The van der Waals surface area contributed by atoms with Crippen LogP contribution in [-0.2, 0) is 26.2 Å². The first-order chi connectivity index (χ1) is 16.6. The van der Waals surface area contributed by atoms with Crippen LogP contribution in [0.15, 0.2) is 28.5 Å². The summed E-state index contributed by atoms with van der Waals surface area (Å²) in [5, 5.41) is 6.40. The zero-order valence-corrected chi connectivity index (χ0v) is 20.6. The second kappa shape index (κ2) is 6.15. The average molecular weight is 475 g/mol. The van der Waals surface area contributed by atoms with Gasteiger partial charge in [-0.05, 0) is 63.0 Å². The standard InChI is InChI=1S/C27H30N4O4/c1-14(2)6-7-15-19-16(10-17-20(15)35-13-28-17)26(22(33)29-19)12-27-18(24(26,3)4)11-25(21(32)30-27)8-5-9-31(25)23(27)34/h6,10,13,18H,5,7-9,11-12H2,1-4H3,(H,29,33)(H,30,32)/t18-,25+,26+,27?/m1/s1. The molecule has 1 unspecified atom stereocenters. The van der Waals surface area contributed by atoms with Gasteiger partial charge in [0.25, 0.3) is 0 Å². The molecule has 4 saturated heterocycles. The first-order valence-corrected chi connectivity index (χ1v) is 12.6. The number of carbonyl (C=O) groups excluding carboxylic acids is 3. The summed E-state index contributed by atoms with van der Waals surface area (Å²) in [7, 11) is 0. The quantitative estimate of drug-likeness (QED) is 0.651. The van der Waals surface area contributed by atoms with Crippen molar-refractivity contribution in [3.63, 3.8) is 0 Å². The Bertz CT molecular complexity index is 1400. The number of hydrogen-bond donors (Lipinski definition) is 2. The summed E-state index contributed by atoms with van der Waals surface area (Å²) in [6.07, 6.45) is 6.57. The van der Waals surface area contributed by atoms with Crippen molar-refractivity contribution >= 4 is 34.5 Å². The van der Waals surface area contributed by atoms with E-state index in [0.29, 0.717) is 36.9 Å². The molecule has 1 aliphatic carbocycles. The number of nitrogens with one attached hydrogen (secondary N) is 2. The second-order valence-electron chi connectivity index (χ2n) is 12.0. The number of carbonyl (C=O) groups is 3. The van der Waals surface area contributed by atoms with Crippen molar-refractivity contribution in [1.82, 2.24) is 15.2 Å². The minimum atomic E-state index is -1.07. The molecule has 2 N–H and O–H groups in total. The molecular weight excluding hydrogens is 444 g/mol. The molecule has 35 heavy (non-hydrogen) atoms. The summed E-state index contributed by atoms with van der Waals surface area (Å²) in [6, 6.07) is 1.96.